The molecule has 0 spiro atoms. The number of thiophene rings is 1. The van der Waals surface area contributed by atoms with Crippen molar-refractivity contribution in [1.82, 2.24) is 0 Å². The lowest BCUT2D eigenvalue weighted by molar-refractivity contribution is -0.119. The summed E-state index contributed by atoms with van der Waals surface area (Å²) >= 11 is 2.73. The molecule has 3 aromatic rings. The fourth-order valence-electron chi connectivity index (χ4n) is 3.04. The Morgan fingerprint density at radius 3 is 2.34 bits per heavy atom. The van der Waals surface area contributed by atoms with Gasteiger partial charge in [-0.25, -0.2) is 4.90 Å². The van der Waals surface area contributed by atoms with Crippen LogP contribution in [0.1, 0.15) is 4.88 Å². The van der Waals surface area contributed by atoms with E-state index in [-0.39, 0.29) is 11.8 Å². The lowest BCUT2D eigenvalue weighted by Crippen LogP contribution is -2.31. The highest BCUT2D eigenvalue weighted by molar-refractivity contribution is 8.04. The highest BCUT2D eigenvalue weighted by Gasteiger charge is 2.42. The van der Waals surface area contributed by atoms with E-state index in [9.17, 15) is 9.59 Å². The molecule has 1 aromatic heterocycles. The van der Waals surface area contributed by atoms with Crippen LogP contribution < -0.4 is 14.4 Å². The molecule has 1 aliphatic heterocycles. The first kappa shape index (κ1) is 19.3. The van der Waals surface area contributed by atoms with Crippen LogP contribution in [-0.2, 0) is 9.59 Å². The quantitative estimate of drug-likeness (QED) is 0.531. The van der Waals surface area contributed by atoms with Crippen molar-refractivity contribution in [2.24, 2.45) is 0 Å². The molecule has 7 heteroatoms. The average molecular weight is 424 g/mol. The summed E-state index contributed by atoms with van der Waals surface area (Å²) in [6.07, 6.45) is 0. The number of methoxy groups -OCH3 is 2. The number of imide groups is 1. The van der Waals surface area contributed by atoms with Crippen LogP contribution >= 0.6 is 23.1 Å². The maximum Gasteiger partial charge on any atom is 0.273 e. The van der Waals surface area contributed by atoms with E-state index in [0.717, 1.165) is 9.77 Å². The number of thioether (sulfide) groups is 1. The van der Waals surface area contributed by atoms with E-state index in [1.807, 2.05) is 47.8 Å². The first-order valence-electron chi connectivity index (χ1n) is 8.76. The van der Waals surface area contributed by atoms with E-state index in [0.29, 0.717) is 27.7 Å². The predicted molar refractivity (Wildman–Crippen MR) is 116 cm³/mol. The first-order valence-corrected chi connectivity index (χ1v) is 10.5. The molecule has 5 nitrogen and oxygen atoms in total. The van der Waals surface area contributed by atoms with Crippen LogP contribution in [0.4, 0.5) is 5.69 Å². The molecule has 0 bridgehead atoms. The number of anilines is 1. The van der Waals surface area contributed by atoms with Crippen molar-refractivity contribution in [3.8, 4) is 11.5 Å². The zero-order valence-corrected chi connectivity index (χ0v) is 17.4. The third-order valence-electron chi connectivity index (χ3n) is 4.40. The summed E-state index contributed by atoms with van der Waals surface area (Å²) in [5.74, 6) is 0.243. The summed E-state index contributed by atoms with van der Waals surface area (Å²) in [7, 11) is 3.04. The molecular weight excluding hydrogens is 406 g/mol. The third kappa shape index (κ3) is 3.54. The van der Waals surface area contributed by atoms with Crippen LogP contribution in [-0.4, -0.2) is 26.0 Å². The highest BCUT2D eigenvalue weighted by atomic mass is 32.2. The smallest absolute Gasteiger partial charge is 0.273 e. The van der Waals surface area contributed by atoms with Crippen molar-refractivity contribution in [2.45, 2.75) is 4.90 Å². The van der Waals surface area contributed by atoms with E-state index in [1.54, 1.807) is 25.3 Å². The van der Waals surface area contributed by atoms with Crippen molar-refractivity contribution < 1.29 is 19.1 Å². The van der Waals surface area contributed by atoms with Crippen molar-refractivity contribution >= 4 is 46.2 Å². The molecule has 146 valence electrons. The van der Waals surface area contributed by atoms with Gasteiger partial charge in [0.1, 0.15) is 11.5 Å². The van der Waals surface area contributed by atoms with Gasteiger partial charge in [0.05, 0.1) is 30.4 Å². The van der Waals surface area contributed by atoms with Crippen LogP contribution in [0.5, 0.6) is 11.5 Å². The Morgan fingerprint density at radius 1 is 0.897 bits per heavy atom. The molecule has 2 amide bonds. The third-order valence-corrected chi connectivity index (χ3v) is 6.38. The van der Waals surface area contributed by atoms with E-state index in [2.05, 4.69) is 0 Å². The molecule has 0 fully saturated rings. The van der Waals surface area contributed by atoms with E-state index >= 15 is 0 Å². The minimum absolute atomic E-state index is 0.362. The van der Waals surface area contributed by atoms with Gasteiger partial charge in [0.15, 0.2) is 0 Å². The summed E-state index contributed by atoms with van der Waals surface area (Å²) in [5, 5.41) is 1.89. The van der Waals surface area contributed by atoms with Gasteiger partial charge in [0.25, 0.3) is 11.8 Å². The van der Waals surface area contributed by atoms with E-state index in [1.165, 1.54) is 35.1 Å². The fourth-order valence-corrected chi connectivity index (χ4v) is 4.88. The molecule has 0 unspecified atom stereocenters. The van der Waals surface area contributed by atoms with Gasteiger partial charge in [-0.2, -0.15) is 0 Å². The maximum atomic E-state index is 13.4. The van der Waals surface area contributed by atoms with Crippen LogP contribution in [0, 0.1) is 0 Å². The van der Waals surface area contributed by atoms with E-state index in [4.69, 9.17) is 9.47 Å². The van der Waals surface area contributed by atoms with Crippen molar-refractivity contribution in [1.29, 1.82) is 0 Å². The molecule has 4 rings (SSSR count). The number of nitrogens with zero attached hydrogens (tertiary/aromatic N) is 1. The topological polar surface area (TPSA) is 55.8 Å². The summed E-state index contributed by atoms with van der Waals surface area (Å²) in [4.78, 5) is 30.0. The van der Waals surface area contributed by atoms with Gasteiger partial charge in [0.2, 0.25) is 0 Å². The second-order valence-corrected chi connectivity index (χ2v) is 8.11. The summed E-state index contributed by atoms with van der Waals surface area (Å²) < 4.78 is 10.7. The van der Waals surface area contributed by atoms with Gasteiger partial charge in [-0.15, -0.1) is 11.3 Å². The largest absolute Gasteiger partial charge is 0.497 e. The van der Waals surface area contributed by atoms with Gasteiger partial charge in [-0.1, -0.05) is 36.0 Å². The molecule has 0 saturated heterocycles. The SMILES string of the molecule is COc1ccc(N2C(=O)C(Sc3ccccc3)=C(c3cccs3)C2=O)c(OC)c1. The molecule has 2 aromatic carbocycles. The number of rotatable bonds is 6. The van der Waals surface area contributed by atoms with Crippen LogP contribution in [0.25, 0.3) is 5.57 Å². The number of hydrogen-bond acceptors (Lipinski definition) is 6. The molecule has 2 heterocycles. The van der Waals surface area contributed by atoms with Gasteiger partial charge in [-0.3, -0.25) is 9.59 Å². The highest BCUT2D eigenvalue weighted by Crippen LogP contribution is 2.44. The Hall–Kier alpha value is -3.03. The zero-order valence-electron chi connectivity index (χ0n) is 15.7. The fraction of sp³-hybridized carbons (Fsp3) is 0.0909. The van der Waals surface area contributed by atoms with Gasteiger partial charge in [-0.05, 0) is 35.7 Å². The van der Waals surface area contributed by atoms with Crippen molar-refractivity contribution in [3.63, 3.8) is 0 Å². The normalized spacial score (nSPS) is 13.9. The molecule has 0 saturated carbocycles. The zero-order chi connectivity index (χ0) is 20.4. The second kappa shape index (κ2) is 8.14. The van der Waals surface area contributed by atoms with Gasteiger partial charge < -0.3 is 9.47 Å². The lowest BCUT2D eigenvalue weighted by atomic mass is 10.2. The number of amides is 2. The first-order chi connectivity index (χ1) is 14.1. The summed E-state index contributed by atoms with van der Waals surface area (Å²) in [5.41, 5.74) is 0.803. The van der Waals surface area contributed by atoms with Gasteiger partial charge in [0, 0.05) is 15.8 Å². The van der Waals surface area contributed by atoms with Crippen LogP contribution in [0.3, 0.4) is 0 Å². The van der Waals surface area contributed by atoms with Crippen molar-refractivity contribution in [2.75, 3.05) is 19.1 Å². The molecular formula is C22H17NO4S2. The lowest BCUT2D eigenvalue weighted by Gasteiger charge is -2.18. The molecule has 0 atom stereocenters. The predicted octanol–water partition coefficient (Wildman–Crippen LogP) is 4.84. The minimum atomic E-state index is -0.365. The molecule has 0 aliphatic carbocycles. The number of ether oxygens (including phenoxy) is 2. The Bertz CT molecular complexity index is 1090. The summed E-state index contributed by atoms with van der Waals surface area (Å²) in [6.45, 7) is 0. The van der Waals surface area contributed by atoms with Crippen molar-refractivity contribution in [3.05, 3.63) is 75.8 Å². The maximum absolute atomic E-state index is 13.4. The number of carbonyl (C=O) groups is 2. The van der Waals surface area contributed by atoms with E-state index < -0.39 is 0 Å². The second-order valence-electron chi connectivity index (χ2n) is 6.08. The van der Waals surface area contributed by atoms with Gasteiger partial charge >= 0.3 is 0 Å². The minimum Gasteiger partial charge on any atom is -0.497 e. The standard InChI is InChI=1S/C22H17NO4S2/c1-26-14-10-11-16(17(13-14)27-2)23-21(24)19(18-9-6-12-28-18)20(22(23)25)29-15-7-4-3-5-8-15/h3-13H,1-2H3. The molecule has 0 N–H and O–H groups in total. The average Bonchev–Trinajstić information content (AvgIpc) is 3.35. The number of benzene rings is 2. The summed E-state index contributed by atoms with van der Waals surface area (Å²) in [6, 6.07) is 18.3. The Balaban J connectivity index is 1.81. The Kier molecular flexibility index (Phi) is 5.42. The van der Waals surface area contributed by atoms with Crippen LogP contribution in [0.15, 0.2) is 75.8 Å². The molecule has 0 radical (unpaired) electrons. The molecule has 1 aliphatic rings. The van der Waals surface area contributed by atoms with Crippen LogP contribution in [0.2, 0.25) is 0 Å². The molecule has 29 heavy (non-hydrogen) atoms. The Labute approximate surface area is 176 Å². The monoisotopic (exact) mass is 423 g/mol. The number of carbonyl (C=O) groups excluding carboxylic acids is 2. The Morgan fingerprint density at radius 2 is 1.69 bits per heavy atom. The number of hydrogen-bond donors (Lipinski definition) is 0.